The molecule has 0 aromatic rings. The molecule has 3 heteroatoms. The molecule has 2 fully saturated rings. The van der Waals surface area contributed by atoms with Gasteiger partial charge in [0.1, 0.15) is 0 Å². The summed E-state index contributed by atoms with van der Waals surface area (Å²) in [5.74, 6) is 2.53. The number of hydrogen-bond donors (Lipinski definition) is 2. The van der Waals surface area contributed by atoms with Crippen molar-refractivity contribution in [3.63, 3.8) is 0 Å². The molecule has 0 aromatic heterocycles. The van der Waals surface area contributed by atoms with Gasteiger partial charge in [-0.3, -0.25) is 0 Å². The number of hydrogen-bond acceptors (Lipinski definition) is 2. The van der Waals surface area contributed by atoms with Crippen LogP contribution in [0.5, 0.6) is 0 Å². The Morgan fingerprint density at radius 2 is 2.21 bits per heavy atom. The van der Waals surface area contributed by atoms with Crippen LogP contribution in [0.4, 0.5) is 0 Å². The normalized spacial score (nSPS) is 44.9. The van der Waals surface area contributed by atoms with Gasteiger partial charge in [0.05, 0.1) is 0 Å². The fraction of sp³-hybridized carbons (Fsp3) is 1.00. The second-order valence-corrected chi connectivity index (χ2v) is 5.37. The fourth-order valence-corrected chi connectivity index (χ4v) is 3.25. The summed E-state index contributed by atoms with van der Waals surface area (Å²) >= 11 is 0. The van der Waals surface area contributed by atoms with Crippen LogP contribution < -0.4 is 5.73 Å². The Labute approximate surface area is 87.5 Å². The van der Waals surface area contributed by atoms with Crippen molar-refractivity contribution in [2.45, 2.75) is 50.9 Å². The van der Waals surface area contributed by atoms with Crippen LogP contribution in [0.25, 0.3) is 0 Å². The van der Waals surface area contributed by atoms with Crippen LogP contribution in [0.3, 0.4) is 0 Å². The summed E-state index contributed by atoms with van der Waals surface area (Å²) in [6, 6.07) is 0. The van der Waals surface area contributed by atoms with Gasteiger partial charge < -0.3 is 10.8 Å². The van der Waals surface area contributed by atoms with Crippen LogP contribution in [0, 0.1) is 17.8 Å². The van der Waals surface area contributed by atoms with Crippen LogP contribution in [0.1, 0.15) is 39.0 Å². The number of nitrogens with two attached hydrogens (primary N) is 1. The molecule has 1 radical (unpaired) electrons. The maximum atomic E-state index is 8.56. The van der Waals surface area contributed by atoms with Crippen molar-refractivity contribution in [3.8, 4) is 0 Å². The number of unbranched alkanes of at least 4 members (excludes halogenated alkanes) is 1. The van der Waals surface area contributed by atoms with Crippen molar-refractivity contribution in [2.24, 2.45) is 23.5 Å². The minimum atomic E-state index is 0.119. The summed E-state index contributed by atoms with van der Waals surface area (Å²) in [7, 11) is 1.27. The molecule has 0 saturated heterocycles. The van der Waals surface area contributed by atoms with Crippen LogP contribution >= 0.6 is 0 Å². The Kier molecular flexibility index (Phi) is 2.89. The van der Waals surface area contributed by atoms with Gasteiger partial charge in [0.2, 0.25) is 0 Å². The molecule has 2 aliphatic carbocycles. The second kappa shape index (κ2) is 3.86. The second-order valence-electron chi connectivity index (χ2n) is 5.37. The van der Waals surface area contributed by atoms with Crippen molar-refractivity contribution in [3.05, 3.63) is 0 Å². The van der Waals surface area contributed by atoms with Gasteiger partial charge in [-0.15, -0.1) is 0 Å². The Morgan fingerprint density at radius 3 is 2.79 bits per heavy atom. The monoisotopic (exact) mass is 194 g/mol. The summed E-state index contributed by atoms with van der Waals surface area (Å²) in [5.41, 5.74) is 6.48. The summed E-state index contributed by atoms with van der Waals surface area (Å²) in [4.78, 5) is 0. The van der Waals surface area contributed by atoms with Gasteiger partial charge in [-0.1, -0.05) is 19.2 Å². The molecule has 0 aliphatic heterocycles. The third-order valence-corrected chi connectivity index (χ3v) is 4.32. The molecular formula is C11H21BNO. The van der Waals surface area contributed by atoms with E-state index in [9.17, 15) is 0 Å². The molecule has 2 saturated carbocycles. The van der Waals surface area contributed by atoms with Gasteiger partial charge in [0.25, 0.3) is 7.48 Å². The van der Waals surface area contributed by atoms with E-state index in [1.807, 2.05) is 0 Å². The molecule has 0 heterocycles. The van der Waals surface area contributed by atoms with E-state index in [4.69, 9.17) is 10.8 Å². The first kappa shape index (κ1) is 10.5. The summed E-state index contributed by atoms with van der Waals surface area (Å²) in [6.45, 7) is 2.24. The molecule has 3 N–H and O–H groups in total. The Morgan fingerprint density at radius 1 is 1.43 bits per heavy atom. The van der Waals surface area contributed by atoms with E-state index in [1.165, 1.54) is 33.2 Å². The molecule has 2 nitrogen and oxygen atoms in total. The quantitative estimate of drug-likeness (QED) is 0.515. The zero-order chi connectivity index (χ0) is 10.2. The van der Waals surface area contributed by atoms with E-state index in [0.29, 0.717) is 0 Å². The van der Waals surface area contributed by atoms with E-state index in [1.54, 1.807) is 0 Å². The van der Waals surface area contributed by atoms with Gasteiger partial charge >= 0.3 is 0 Å². The Balaban J connectivity index is 1.71. The molecule has 79 valence electrons. The van der Waals surface area contributed by atoms with Crippen molar-refractivity contribution in [1.29, 1.82) is 0 Å². The zero-order valence-corrected chi connectivity index (χ0v) is 9.08. The van der Waals surface area contributed by atoms with E-state index in [0.717, 1.165) is 30.5 Å². The zero-order valence-electron chi connectivity index (χ0n) is 9.08. The van der Waals surface area contributed by atoms with Gasteiger partial charge in [0.15, 0.2) is 0 Å². The molecule has 0 spiro atoms. The van der Waals surface area contributed by atoms with Crippen LogP contribution in [-0.2, 0) is 0 Å². The largest absolute Gasteiger partial charge is 0.454 e. The molecule has 4 atom stereocenters. The lowest BCUT2D eigenvalue weighted by Crippen LogP contribution is -2.43. The van der Waals surface area contributed by atoms with Crippen molar-refractivity contribution >= 4 is 7.48 Å². The molecule has 0 amide bonds. The van der Waals surface area contributed by atoms with Gasteiger partial charge in [-0.05, 0) is 43.9 Å². The SMILES string of the molecule is CC1(N)C(CCCC[B]O)CC2CC21. The lowest BCUT2D eigenvalue weighted by atomic mass is 9.81. The highest BCUT2D eigenvalue weighted by molar-refractivity contribution is 6.25. The van der Waals surface area contributed by atoms with Crippen LogP contribution in [0.15, 0.2) is 0 Å². The number of fused-ring (bicyclic) bond motifs is 1. The first-order chi connectivity index (χ1) is 6.66. The molecule has 2 rings (SSSR count). The van der Waals surface area contributed by atoms with Gasteiger partial charge in [-0.25, -0.2) is 0 Å². The highest BCUT2D eigenvalue weighted by Gasteiger charge is 2.58. The predicted molar refractivity (Wildman–Crippen MR) is 58.9 cm³/mol. The summed E-state index contributed by atoms with van der Waals surface area (Å²) < 4.78 is 0. The smallest absolute Gasteiger partial charge is 0.287 e. The summed E-state index contributed by atoms with van der Waals surface area (Å²) in [6.07, 6.45) is 7.16. The van der Waals surface area contributed by atoms with Gasteiger partial charge in [0, 0.05) is 5.54 Å². The first-order valence-corrected chi connectivity index (χ1v) is 5.91. The average Bonchev–Trinajstić information content (AvgIpc) is 2.85. The topological polar surface area (TPSA) is 46.2 Å². The third kappa shape index (κ3) is 1.85. The van der Waals surface area contributed by atoms with E-state index < -0.39 is 0 Å². The fourth-order valence-electron chi connectivity index (χ4n) is 3.25. The average molecular weight is 194 g/mol. The van der Waals surface area contributed by atoms with Crippen molar-refractivity contribution in [1.82, 2.24) is 0 Å². The molecule has 0 bridgehead atoms. The lowest BCUT2D eigenvalue weighted by Gasteiger charge is -2.30. The Bertz CT molecular complexity index is 207. The predicted octanol–water partition coefficient (Wildman–Crippen LogP) is 1.56. The van der Waals surface area contributed by atoms with Gasteiger partial charge in [-0.2, -0.15) is 0 Å². The first-order valence-electron chi connectivity index (χ1n) is 5.91. The van der Waals surface area contributed by atoms with E-state index in [-0.39, 0.29) is 5.54 Å². The van der Waals surface area contributed by atoms with Crippen molar-refractivity contribution < 1.29 is 5.02 Å². The highest BCUT2D eigenvalue weighted by Crippen LogP contribution is 2.59. The maximum Gasteiger partial charge on any atom is 0.287 e. The number of rotatable bonds is 5. The molecule has 0 aromatic carbocycles. The van der Waals surface area contributed by atoms with E-state index >= 15 is 0 Å². The van der Waals surface area contributed by atoms with E-state index in [2.05, 4.69) is 6.92 Å². The Hall–Kier alpha value is -0.0151. The maximum absolute atomic E-state index is 8.56. The molecule has 2 aliphatic rings. The third-order valence-electron chi connectivity index (χ3n) is 4.32. The van der Waals surface area contributed by atoms with Crippen LogP contribution in [-0.4, -0.2) is 18.0 Å². The summed E-state index contributed by atoms with van der Waals surface area (Å²) in [5, 5.41) is 8.56. The van der Waals surface area contributed by atoms with Crippen LogP contribution in [0.2, 0.25) is 6.32 Å². The lowest BCUT2D eigenvalue weighted by molar-refractivity contribution is 0.275. The molecule has 4 unspecified atom stereocenters. The minimum Gasteiger partial charge on any atom is -0.454 e. The van der Waals surface area contributed by atoms with Crippen molar-refractivity contribution in [2.75, 3.05) is 0 Å². The molecule has 14 heavy (non-hydrogen) atoms. The highest BCUT2D eigenvalue weighted by atomic mass is 16.2. The standard InChI is InChI=1S/C11H21BNO/c1-11(13)9(4-2-3-5-12-14)6-8-7-10(8)11/h8-10,14H,2-7,13H2,1H3. The minimum absolute atomic E-state index is 0.119. The molecular weight excluding hydrogens is 173 g/mol.